The Morgan fingerprint density at radius 3 is 2.77 bits per heavy atom. The second-order valence-electron chi connectivity index (χ2n) is 7.23. The van der Waals surface area contributed by atoms with E-state index in [-0.39, 0.29) is 11.9 Å². The van der Waals surface area contributed by atoms with Crippen molar-refractivity contribution < 1.29 is 14.3 Å². The van der Waals surface area contributed by atoms with Gasteiger partial charge in [0.1, 0.15) is 18.1 Å². The average molecular weight is 361 g/mol. The van der Waals surface area contributed by atoms with Gasteiger partial charge in [-0.2, -0.15) is 0 Å². The highest BCUT2D eigenvalue weighted by Gasteiger charge is 2.24. The fourth-order valence-corrected chi connectivity index (χ4v) is 3.76. The molecule has 0 saturated carbocycles. The molecule has 2 atom stereocenters. The SMILES string of the molecule is COc1ccc(OCCN2CCCC(CNC(=O)C3CCCN3)C2)cc1. The Balaban J connectivity index is 1.34. The molecule has 2 fully saturated rings. The van der Waals surface area contributed by atoms with Crippen molar-refractivity contribution in [2.75, 3.05) is 46.4 Å². The molecular formula is C20H31N3O3. The second-order valence-corrected chi connectivity index (χ2v) is 7.23. The maximum Gasteiger partial charge on any atom is 0.237 e. The Bertz CT molecular complexity index is 558. The summed E-state index contributed by atoms with van der Waals surface area (Å²) in [6.45, 7) is 5.49. The van der Waals surface area contributed by atoms with Gasteiger partial charge >= 0.3 is 0 Å². The molecule has 26 heavy (non-hydrogen) atoms. The predicted octanol–water partition coefficient (Wildman–Crippen LogP) is 1.65. The third kappa shape index (κ3) is 5.61. The van der Waals surface area contributed by atoms with E-state index in [4.69, 9.17) is 9.47 Å². The Hall–Kier alpha value is -1.79. The van der Waals surface area contributed by atoms with Crippen LogP contribution in [0.1, 0.15) is 25.7 Å². The summed E-state index contributed by atoms with van der Waals surface area (Å²) < 4.78 is 11.0. The minimum absolute atomic E-state index is 0.0209. The van der Waals surface area contributed by atoms with Gasteiger partial charge < -0.3 is 20.1 Å². The number of methoxy groups -OCH3 is 1. The number of rotatable bonds is 8. The Morgan fingerprint density at radius 1 is 1.23 bits per heavy atom. The number of amides is 1. The zero-order valence-corrected chi connectivity index (χ0v) is 15.7. The molecule has 2 saturated heterocycles. The zero-order chi connectivity index (χ0) is 18.2. The highest BCUT2D eigenvalue weighted by molar-refractivity contribution is 5.81. The maximum absolute atomic E-state index is 12.1. The number of carbonyl (C=O) groups is 1. The zero-order valence-electron chi connectivity index (χ0n) is 15.7. The first-order chi connectivity index (χ1) is 12.7. The standard InChI is InChI=1S/C20H31N3O3/c1-25-17-6-8-18(9-7-17)26-13-12-23-11-3-4-16(15-23)14-22-20(24)19-5-2-10-21-19/h6-9,16,19,21H,2-5,10-15H2,1H3,(H,22,24). The average Bonchev–Trinajstić information content (AvgIpc) is 3.22. The van der Waals surface area contributed by atoms with E-state index in [1.807, 2.05) is 24.3 Å². The van der Waals surface area contributed by atoms with Gasteiger partial charge in [-0.05, 0) is 69.0 Å². The third-order valence-corrected chi connectivity index (χ3v) is 5.28. The molecule has 0 aliphatic carbocycles. The fourth-order valence-electron chi connectivity index (χ4n) is 3.76. The van der Waals surface area contributed by atoms with Crippen LogP contribution in [0.2, 0.25) is 0 Å². The molecule has 0 bridgehead atoms. The molecule has 1 amide bonds. The lowest BCUT2D eigenvalue weighted by molar-refractivity contribution is -0.123. The summed E-state index contributed by atoms with van der Waals surface area (Å²) >= 11 is 0. The van der Waals surface area contributed by atoms with Crippen LogP contribution in [0.3, 0.4) is 0 Å². The molecule has 1 aromatic carbocycles. The van der Waals surface area contributed by atoms with Crippen molar-refractivity contribution in [2.45, 2.75) is 31.7 Å². The molecular weight excluding hydrogens is 330 g/mol. The van der Waals surface area contributed by atoms with E-state index in [9.17, 15) is 4.79 Å². The van der Waals surface area contributed by atoms with Gasteiger partial charge in [0.2, 0.25) is 5.91 Å². The number of carbonyl (C=O) groups excluding carboxylic acids is 1. The fraction of sp³-hybridized carbons (Fsp3) is 0.650. The number of hydrogen-bond donors (Lipinski definition) is 2. The summed E-state index contributed by atoms with van der Waals surface area (Å²) in [6, 6.07) is 7.71. The molecule has 144 valence electrons. The van der Waals surface area contributed by atoms with Crippen molar-refractivity contribution in [2.24, 2.45) is 5.92 Å². The van der Waals surface area contributed by atoms with Gasteiger partial charge in [-0.3, -0.25) is 9.69 Å². The van der Waals surface area contributed by atoms with E-state index in [2.05, 4.69) is 15.5 Å². The van der Waals surface area contributed by atoms with E-state index >= 15 is 0 Å². The highest BCUT2D eigenvalue weighted by Crippen LogP contribution is 2.18. The van der Waals surface area contributed by atoms with Crippen LogP contribution in [0, 0.1) is 5.92 Å². The Kier molecular flexibility index (Phi) is 7.14. The predicted molar refractivity (Wildman–Crippen MR) is 102 cm³/mol. The van der Waals surface area contributed by atoms with Gasteiger partial charge in [-0.15, -0.1) is 0 Å². The van der Waals surface area contributed by atoms with Crippen molar-refractivity contribution in [3.05, 3.63) is 24.3 Å². The minimum atomic E-state index is 0.0209. The van der Waals surface area contributed by atoms with Crippen LogP contribution in [0.5, 0.6) is 11.5 Å². The highest BCUT2D eigenvalue weighted by atomic mass is 16.5. The molecule has 2 heterocycles. The van der Waals surface area contributed by atoms with Crippen LogP contribution in [0.4, 0.5) is 0 Å². The van der Waals surface area contributed by atoms with Gasteiger partial charge in [0, 0.05) is 19.6 Å². The molecule has 6 heteroatoms. The second kappa shape index (κ2) is 9.78. The quantitative estimate of drug-likeness (QED) is 0.737. The number of nitrogens with zero attached hydrogens (tertiary/aromatic N) is 1. The third-order valence-electron chi connectivity index (χ3n) is 5.28. The van der Waals surface area contributed by atoms with E-state index in [0.29, 0.717) is 12.5 Å². The number of benzene rings is 1. The van der Waals surface area contributed by atoms with Crippen molar-refractivity contribution in [1.82, 2.24) is 15.5 Å². The molecule has 2 N–H and O–H groups in total. The van der Waals surface area contributed by atoms with Crippen molar-refractivity contribution in [3.63, 3.8) is 0 Å². The van der Waals surface area contributed by atoms with Gasteiger partial charge in [-0.1, -0.05) is 0 Å². The van der Waals surface area contributed by atoms with Crippen LogP contribution >= 0.6 is 0 Å². The first-order valence-corrected chi connectivity index (χ1v) is 9.75. The van der Waals surface area contributed by atoms with E-state index in [0.717, 1.165) is 57.1 Å². The van der Waals surface area contributed by atoms with Gasteiger partial charge in [0.15, 0.2) is 0 Å². The monoisotopic (exact) mass is 361 g/mol. The normalized spacial score (nSPS) is 23.6. The molecule has 1 aromatic rings. The first kappa shape index (κ1) is 19.0. The smallest absolute Gasteiger partial charge is 0.237 e. The van der Waals surface area contributed by atoms with Crippen LogP contribution in [0.15, 0.2) is 24.3 Å². The molecule has 6 nitrogen and oxygen atoms in total. The lowest BCUT2D eigenvalue weighted by Gasteiger charge is -2.32. The topological polar surface area (TPSA) is 62.8 Å². The Labute approximate surface area is 156 Å². The number of piperidine rings is 1. The van der Waals surface area contributed by atoms with Crippen molar-refractivity contribution >= 4 is 5.91 Å². The van der Waals surface area contributed by atoms with Crippen LogP contribution in [-0.4, -0.2) is 63.3 Å². The van der Waals surface area contributed by atoms with E-state index in [1.54, 1.807) is 7.11 Å². The van der Waals surface area contributed by atoms with Crippen LogP contribution in [0.25, 0.3) is 0 Å². The molecule has 2 unspecified atom stereocenters. The summed E-state index contributed by atoms with van der Waals surface area (Å²) in [4.78, 5) is 14.6. The maximum atomic E-state index is 12.1. The summed E-state index contributed by atoms with van der Waals surface area (Å²) in [5, 5.41) is 6.39. The van der Waals surface area contributed by atoms with E-state index in [1.165, 1.54) is 12.8 Å². The summed E-state index contributed by atoms with van der Waals surface area (Å²) in [5.41, 5.74) is 0. The van der Waals surface area contributed by atoms with Crippen LogP contribution < -0.4 is 20.1 Å². The number of likely N-dealkylation sites (tertiary alicyclic amines) is 1. The van der Waals surface area contributed by atoms with Gasteiger partial charge in [-0.25, -0.2) is 0 Å². The summed E-state index contributed by atoms with van der Waals surface area (Å²) in [6.07, 6.45) is 4.44. The summed E-state index contributed by atoms with van der Waals surface area (Å²) in [7, 11) is 1.66. The Morgan fingerprint density at radius 2 is 2.04 bits per heavy atom. The lowest BCUT2D eigenvalue weighted by Crippen LogP contribution is -2.46. The number of ether oxygens (including phenoxy) is 2. The van der Waals surface area contributed by atoms with E-state index < -0.39 is 0 Å². The van der Waals surface area contributed by atoms with Crippen LogP contribution in [-0.2, 0) is 4.79 Å². The molecule has 2 aliphatic rings. The minimum Gasteiger partial charge on any atom is -0.497 e. The number of hydrogen-bond acceptors (Lipinski definition) is 5. The van der Waals surface area contributed by atoms with Gasteiger partial charge in [0.25, 0.3) is 0 Å². The van der Waals surface area contributed by atoms with Crippen molar-refractivity contribution in [3.8, 4) is 11.5 Å². The number of nitrogens with one attached hydrogen (secondary N) is 2. The largest absolute Gasteiger partial charge is 0.497 e. The first-order valence-electron chi connectivity index (χ1n) is 9.75. The molecule has 0 aromatic heterocycles. The molecule has 0 spiro atoms. The van der Waals surface area contributed by atoms with Gasteiger partial charge in [0.05, 0.1) is 13.2 Å². The molecule has 3 rings (SSSR count). The summed E-state index contributed by atoms with van der Waals surface area (Å²) in [5.74, 6) is 2.42. The van der Waals surface area contributed by atoms with Crippen molar-refractivity contribution in [1.29, 1.82) is 0 Å². The molecule has 2 aliphatic heterocycles. The lowest BCUT2D eigenvalue weighted by atomic mass is 9.98. The molecule has 0 radical (unpaired) electrons.